The van der Waals surface area contributed by atoms with Gasteiger partial charge in [0.2, 0.25) is 20.9 Å². The third-order valence-electron chi connectivity index (χ3n) is 5.12. The van der Waals surface area contributed by atoms with Gasteiger partial charge in [0, 0.05) is 19.6 Å². The van der Waals surface area contributed by atoms with E-state index in [1.165, 1.54) is 16.4 Å². The van der Waals surface area contributed by atoms with Crippen LogP contribution in [-0.2, 0) is 42.7 Å². The van der Waals surface area contributed by atoms with E-state index >= 15 is 0 Å². The summed E-state index contributed by atoms with van der Waals surface area (Å²) >= 11 is 0. The van der Waals surface area contributed by atoms with Gasteiger partial charge in [-0.25, -0.2) is 31.8 Å². The molecule has 0 spiro atoms. The van der Waals surface area contributed by atoms with E-state index in [1.54, 1.807) is 10.6 Å². The van der Waals surface area contributed by atoms with Crippen molar-refractivity contribution in [2.24, 2.45) is 5.14 Å². The number of rotatable bonds is 7. The molecule has 3 heterocycles. The predicted molar refractivity (Wildman–Crippen MR) is 114 cm³/mol. The minimum atomic E-state index is -4.09. The lowest BCUT2D eigenvalue weighted by atomic mass is 10.3. The number of furan rings is 1. The van der Waals surface area contributed by atoms with E-state index in [2.05, 4.69) is 4.98 Å². The van der Waals surface area contributed by atoms with Crippen molar-refractivity contribution >= 4 is 37.0 Å². The molecule has 2 aromatic heterocycles. The molecule has 1 aliphatic rings. The summed E-state index contributed by atoms with van der Waals surface area (Å²) in [6.45, 7) is 3.38. The van der Waals surface area contributed by atoms with E-state index in [9.17, 15) is 21.6 Å². The summed E-state index contributed by atoms with van der Waals surface area (Å²) in [6.07, 6.45) is 0. The van der Waals surface area contributed by atoms with Crippen LogP contribution < -0.4 is 5.14 Å². The third kappa shape index (κ3) is 4.65. The van der Waals surface area contributed by atoms with E-state index in [0.717, 1.165) is 12.1 Å². The van der Waals surface area contributed by atoms with Gasteiger partial charge in [-0.15, -0.1) is 0 Å². The zero-order valence-electron chi connectivity index (χ0n) is 17.6. The highest BCUT2D eigenvalue weighted by Gasteiger charge is 2.27. The molecule has 33 heavy (non-hydrogen) atoms. The zero-order chi connectivity index (χ0) is 23.8. The molecule has 0 aliphatic carbocycles. The number of nitrogens with two attached hydrogens (primary N) is 1. The van der Waals surface area contributed by atoms with Crippen LogP contribution in [0.1, 0.15) is 23.3 Å². The summed E-state index contributed by atoms with van der Waals surface area (Å²) in [6, 6.07) is 6.88. The number of imidazole rings is 1. The Balaban J connectivity index is 1.57. The first-order valence-electron chi connectivity index (χ1n) is 9.98. The topological polar surface area (TPSA) is 164 Å². The van der Waals surface area contributed by atoms with Crippen LogP contribution in [0.5, 0.6) is 0 Å². The average Bonchev–Trinajstić information content (AvgIpc) is 3.42. The summed E-state index contributed by atoms with van der Waals surface area (Å²) in [7, 11) is -7.77. The summed E-state index contributed by atoms with van der Waals surface area (Å²) in [4.78, 5) is 16.8. The van der Waals surface area contributed by atoms with E-state index in [1.807, 2.05) is 6.92 Å². The van der Waals surface area contributed by atoms with Crippen LogP contribution in [0.25, 0.3) is 11.0 Å². The normalized spacial score (nSPS) is 15.7. The largest absolute Gasteiger partial charge is 0.452 e. The molecule has 3 aromatic rings. The second-order valence-corrected chi connectivity index (χ2v) is 10.6. The molecule has 0 radical (unpaired) electrons. The van der Waals surface area contributed by atoms with E-state index < -0.39 is 31.1 Å². The first kappa shape index (κ1) is 23.4. The molecule has 14 heteroatoms. The Kier molecular flexibility index (Phi) is 6.28. The molecule has 0 unspecified atom stereocenters. The van der Waals surface area contributed by atoms with Crippen molar-refractivity contribution in [2.45, 2.75) is 30.1 Å². The summed E-state index contributed by atoms with van der Waals surface area (Å²) in [5.74, 6) is -0.827. The smallest absolute Gasteiger partial charge is 0.374 e. The van der Waals surface area contributed by atoms with E-state index in [0.29, 0.717) is 36.6 Å². The number of aromatic nitrogens is 2. The first-order valence-corrected chi connectivity index (χ1v) is 13.0. The monoisotopic (exact) mass is 498 g/mol. The minimum Gasteiger partial charge on any atom is -0.452 e. The van der Waals surface area contributed by atoms with Crippen LogP contribution in [0.4, 0.5) is 0 Å². The van der Waals surface area contributed by atoms with Crippen LogP contribution in [-0.4, -0.2) is 63.0 Å². The first-order chi connectivity index (χ1) is 15.6. The molecule has 0 bridgehead atoms. The van der Waals surface area contributed by atoms with Gasteiger partial charge in [0.15, 0.2) is 0 Å². The second-order valence-electron chi connectivity index (χ2n) is 7.18. The van der Waals surface area contributed by atoms with E-state index in [4.69, 9.17) is 19.0 Å². The Morgan fingerprint density at radius 2 is 1.88 bits per heavy atom. The third-order valence-corrected chi connectivity index (χ3v) is 7.79. The fourth-order valence-corrected chi connectivity index (χ4v) is 5.40. The van der Waals surface area contributed by atoms with Gasteiger partial charge >= 0.3 is 5.97 Å². The maximum atomic E-state index is 12.9. The van der Waals surface area contributed by atoms with Gasteiger partial charge in [0.25, 0.3) is 10.0 Å². The second kappa shape index (κ2) is 8.87. The highest BCUT2D eigenvalue weighted by atomic mass is 32.2. The Hall–Kier alpha value is -2.78. The molecule has 0 saturated carbocycles. The summed E-state index contributed by atoms with van der Waals surface area (Å²) < 4.78 is 67.0. The number of nitrogens with zero attached hydrogens (tertiary/aromatic N) is 3. The molecule has 0 atom stereocenters. The molecular weight excluding hydrogens is 476 g/mol. The Labute approximate surface area is 190 Å². The summed E-state index contributed by atoms with van der Waals surface area (Å²) in [5, 5.41) is 4.42. The average molecular weight is 499 g/mol. The van der Waals surface area contributed by atoms with Crippen molar-refractivity contribution in [3.8, 4) is 0 Å². The lowest BCUT2D eigenvalue weighted by molar-refractivity contribution is 0.0416. The fraction of sp³-hybridized carbons (Fsp3) is 0.368. The number of benzene rings is 1. The van der Waals surface area contributed by atoms with Crippen LogP contribution >= 0.6 is 0 Å². The van der Waals surface area contributed by atoms with Crippen LogP contribution in [0.15, 0.2) is 44.7 Å². The zero-order valence-corrected chi connectivity index (χ0v) is 19.3. The number of esters is 1. The maximum Gasteiger partial charge on any atom is 0.374 e. The molecule has 1 fully saturated rings. The maximum absolute atomic E-state index is 12.9. The molecule has 1 saturated heterocycles. The van der Waals surface area contributed by atoms with E-state index in [-0.39, 0.29) is 30.4 Å². The fourth-order valence-electron chi connectivity index (χ4n) is 3.50. The number of hydrogen-bond acceptors (Lipinski definition) is 9. The molecule has 4 rings (SSSR count). The number of sulfonamides is 2. The van der Waals surface area contributed by atoms with Crippen molar-refractivity contribution in [3.63, 3.8) is 0 Å². The Morgan fingerprint density at radius 3 is 2.52 bits per heavy atom. The van der Waals surface area contributed by atoms with Crippen molar-refractivity contribution in [2.75, 3.05) is 26.3 Å². The molecule has 1 aliphatic heterocycles. The van der Waals surface area contributed by atoms with Gasteiger partial charge in [-0.1, -0.05) is 0 Å². The van der Waals surface area contributed by atoms with Crippen molar-refractivity contribution in [3.05, 3.63) is 41.9 Å². The van der Waals surface area contributed by atoms with Gasteiger partial charge < -0.3 is 18.5 Å². The molecule has 12 nitrogen and oxygen atoms in total. The van der Waals surface area contributed by atoms with Crippen molar-refractivity contribution < 1.29 is 35.5 Å². The van der Waals surface area contributed by atoms with Crippen LogP contribution in [0.3, 0.4) is 0 Å². The SMILES string of the molecule is CCn1c(COC(=O)c2ccc(S(N)(=O)=O)o2)nc2cc(S(=O)(=O)N3CCOCC3)ccc21. The van der Waals surface area contributed by atoms with Crippen LogP contribution in [0, 0.1) is 0 Å². The minimum absolute atomic E-state index is 0.118. The highest BCUT2D eigenvalue weighted by Crippen LogP contribution is 2.24. The predicted octanol–water partition coefficient (Wildman–Crippen LogP) is 0.675. The number of aryl methyl sites for hydroxylation is 1. The molecule has 178 valence electrons. The lowest BCUT2D eigenvalue weighted by Crippen LogP contribution is -2.40. The Bertz CT molecular complexity index is 1400. The van der Waals surface area contributed by atoms with Gasteiger partial charge in [-0.05, 0) is 37.3 Å². The number of primary sulfonamides is 1. The van der Waals surface area contributed by atoms with Gasteiger partial charge in [0.05, 0.1) is 29.1 Å². The molecule has 0 amide bonds. The molecule has 2 N–H and O–H groups in total. The number of ether oxygens (including phenoxy) is 2. The number of fused-ring (bicyclic) bond motifs is 1. The van der Waals surface area contributed by atoms with Crippen molar-refractivity contribution in [1.29, 1.82) is 0 Å². The quantitative estimate of drug-likeness (QED) is 0.461. The molecule has 1 aromatic carbocycles. The van der Waals surface area contributed by atoms with Crippen molar-refractivity contribution in [1.82, 2.24) is 13.9 Å². The van der Waals surface area contributed by atoms with Gasteiger partial charge in [0.1, 0.15) is 12.4 Å². The van der Waals surface area contributed by atoms with Crippen LogP contribution in [0.2, 0.25) is 0 Å². The molecular formula is C19H22N4O8S2. The lowest BCUT2D eigenvalue weighted by Gasteiger charge is -2.26. The highest BCUT2D eigenvalue weighted by molar-refractivity contribution is 7.89. The summed E-state index contributed by atoms with van der Waals surface area (Å²) in [5.41, 5.74) is 1.12. The standard InChI is InChI=1S/C19H22N4O8S2/c1-2-23-15-4-3-13(33(27,28)22-7-9-29-10-8-22)11-14(15)21-17(23)12-30-19(24)16-5-6-18(31-16)32(20,25)26/h3-6,11H,2,7-10,12H2,1H3,(H2,20,25,26). The number of carbonyl (C=O) groups excluding carboxylic acids is 1. The Morgan fingerprint density at radius 1 is 1.15 bits per heavy atom. The number of morpholine rings is 1. The van der Waals surface area contributed by atoms with Gasteiger partial charge in [-0.3, -0.25) is 0 Å². The number of carbonyl (C=O) groups is 1. The number of hydrogen-bond donors (Lipinski definition) is 1. The van der Waals surface area contributed by atoms with Gasteiger partial charge in [-0.2, -0.15) is 4.31 Å².